The molecule has 19 heavy (non-hydrogen) atoms. The standard InChI is InChI=1S/C15H13FN2S/c16-12-5-6-14-13(8-12)18-15(19-14)7-10-3-1-2-4-11(10)9-17/h1-6,8H,7,9,17H2. The van der Waals surface area contributed by atoms with Gasteiger partial charge >= 0.3 is 0 Å². The molecule has 3 aromatic rings. The largest absolute Gasteiger partial charge is 0.326 e. The number of nitrogens with two attached hydrogens (primary N) is 1. The molecule has 0 aliphatic rings. The first-order valence-electron chi connectivity index (χ1n) is 6.08. The number of hydrogen-bond donors (Lipinski definition) is 1. The van der Waals surface area contributed by atoms with Crippen LogP contribution in [0.1, 0.15) is 16.1 Å². The van der Waals surface area contributed by atoms with E-state index < -0.39 is 0 Å². The molecule has 0 aliphatic carbocycles. The fourth-order valence-corrected chi connectivity index (χ4v) is 3.09. The lowest BCUT2D eigenvalue weighted by atomic mass is 10.1. The summed E-state index contributed by atoms with van der Waals surface area (Å²) in [6.07, 6.45) is 0.744. The zero-order valence-corrected chi connectivity index (χ0v) is 11.1. The molecule has 0 saturated carbocycles. The SMILES string of the molecule is NCc1ccccc1Cc1nc2cc(F)ccc2s1. The van der Waals surface area contributed by atoms with Crippen molar-refractivity contribution < 1.29 is 4.39 Å². The van der Waals surface area contributed by atoms with Crippen LogP contribution in [0.4, 0.5) is 4.39 Å². The molecule has 2 N–H and O–H groups in total. The molecule has 96 valence electrons. The van der Waals surface area contributed by atoms with E-state index in [9.17, 15) is 4.39 Å². The van der Waals surface area contributed by atoms with Crippen molar-refractivity contribution in [1.82, 2.24) is 4.98 Å². The van der Waals surface area contributed by atoms with E-state index in [1.165, 1.54) is 17.7 Å². The quantitative estimate of drug-likeness (QED) is 0.792. The lowest BCUT2D eigenvalue weighted by Crippen LogP contribution is -2.01. The zero-order valence-electron chi connectivity index (χ0n) is 10.3. The van der Waals surface area contributed by atoms with E-state index in [0.29, 0.717) is 6.54 Å². The lowest BCUT2D eigenvalue weighted by molar-refractivity contribution is 0.629. The van der Waals surface area contributed by atoms with Gasteiger partial charge in [-0.05, 0) is 23.3 Å². The summed E-state index contributed by atoms with van der Waals surface area (Å²) in [5, 5.41) is 0.988. The summed E-state index contributed by atoms with van der Waals surface area (Å²) in [6.45, 7) is 0.524. The highest BCUT2D eigenvalue weighted by Crippen LogP contribution is 2.25. The summed E-state index contributed by atoms with van der Waals surface area (Å²) in [5.41, 5.74) is 8.78. The molecule has 0 aliphatic heterocycles. The van der Waals surface area contributed by atoms with Gasteiger partial charge in [-0.2, -0.15) is 0 Å². The van der Waals surface area contributed by atoms with Gasteiger partial charge < -0.3 is 5.73 Å². The predicted octanol–water partition coefficient (Wildman–Crippen LogP) is 3.48. The van der Waals surface area contributed by atoms with Gasteiger partial charge in [-0.1, -0.05) is 24.3 Å². The second-order valence-electron chi connectivity index (χ2n) is 4.37. The normalized spacial score (nSPS) is 11.1. The van der Waals surface area contributed by atoms with Gasteiger partial charge in [-0.3, -0.25) is 0 Å². The van der Waals surface area contributed by atoms with Crippen LogP contribution in [-0.2, 0) is 13.0 Å². The molecule has 0 unspecified atom stereocenters. The van der Waals surface area contributed by atoms with Crippen LogP contribution in [0.5, 0.6) is 0 Å². The third kappa shape index (κ3) is 2.50. The third-order valence-electron chi connectivity index (χ3n) is 3.07. The van der Waals surface area contributed by atoms with E-state index in [2.05, 4.69) is 11.1 Å². The molecule has 0 spiro atoms. The number of nitrogens with zero attached hydrogens (tertiary/aromatic N) is 1. The van der Waals surface area contributed by atoms with E-state index in [0.717, 1.165) is 27.2 Å². The summed E-state index contributed by atoms with van der Waals surface area (Å²) < 4.78 is 14.2. The molecule has 2 nitrogen and oxygen atoms in total. The van der Waals surface area contributed by atoms with E-state index in [-0.39, 0.29) is 5.82 Å². The van der Waals surface area contributed by atoms with Crippen molar-refractivity contribution in [3.63, 3.8) is 0 Å². The Hall–Kier alpha value is -1.78. The summed E-state index contributed by atoms with van der Waals surface area (Å²) >= 11 is 1.60. The Morgan fingerprint density at radius 3 is 2.68 bits per heavy atom. The molecule has 0 atom stereocenters. The average molecular weight is 272 g/mol. The van der Waals surface area contributed by atoms with Gasteiger partial charge in [0.2, 0.25) is 0 Å². The lowest BCUT2D eigenvalue weighted by Gasteiger charge is -2.04. The molecule has 0 amide bonds. The topological polar surface area (TPSA) is 38.9 Å². The maximum atomic E-state index is 13.1. The van der Waals surface area contributed by atoms with Gasteiger partial charge in [-0.25, -0.2) is 9.37 Å². The summed E-state index contributed by atoms with van der Waals surface area (Å²) in [6, 6.07) is 12.8. The number of hydrogen-bond acceptors (Lipinski definition) is 3. The molecule has 0 bridgehead atoms. The molecular weight excluding hydrogens is 259 g/mol. The maximum Gasteiger partial charge on any atom is 0.125 e. The Bertz CT molecular complexity index is 721. The van der Waals surface area contributed by atoms with Gasteiger partial charge in [0.05, 0.1) is 15.2 Å². The minimum atomic E-state index is -0.244. The fraction of sp³-hybridized carbons (Fsp3) is 0.133. The van der Waals surface area contributed by atoms with Crippen molar-refractivity contribution in [2.24, 2.45) is 5.73 Å². The Morgan fingerprint density at radius 1 is 1.11 bits per heavy atom. The maximum absolute atomic E-state index is 13.1. The Morgan fingerprint density at radius 2 is 1.89 bits per heavy atom. The highest BCUT2D eigenvalue weighted by Gasteiger charge is 2.07. The van der Waals surface area contributed by atoms with Crippen LogP contribution in [0, 0.1) is 5.82 Å². The molecule has 0 fully saturated rings. The first kappa shape index (κ1) is 12.3. The summed E-state index contributed by atoms with van der Waals surface area (Å²) in [4.78, 5) is 4.48. The van der Waals surface area contributed by atoms with Crippen molar-refractivity contribution in [2.45, 2.75) is 13.0 Å². The highest BCUT2D eigenvalue weighted by atomic mass is 32.1. The van der Waals surface area contributed by atoms with Crippen molar-refractivity contribution >= 4 is 21.6 Å². The van der Waals surface area contributed by atoms with Gasteiger partial charge in [0, 0.05) is 19.0 Å². The molecule has 2 aromatic carbocycles. The first-order valence-corrected chi connectivity index (χ1v) is 6.90. The molecule has 1 aromatic heterocycles. The molecular formula is C15H13FN2S. The van der Waals surface area contributed by atoms with Crippen LogP contribution in [0.25, 0.3) is 10.2 Å². The van der Waals surface area contributed by atoms with Gasteiger partial charge in [0.15, 0.2) is 0 Å². The first-order chi connectivity index (χ1) is 9.26. The minimum Gasteiger partial charge on any atom is -0.326 e. The van der Waals surface area contributed by atoms with Crippen molar-refractivity contribution in [1.29, 1.82) is 0 Å². The molecule has 4 heteroatoms. The Balaban J connectivity index is 1.96. The van der Waals surface area contributed by atoms with E-state index in [4.69, 9.17) is 5.73 Å². The van der Waals surface area contributed by atoms with Gasteiger partial charge in [-0.15, -0.1) is 11.3 Å². The number of benzene rings is 2. The monoisotopic (exact) mass is 272 g/mol. The average Bonchev–Trinajstić information content (AvgIpc) is 2.80. The Kier molecular flexibility index (Phi) is 3.27. The second-order valence-corrected chi connectivity index (χ2v) is 5.48. The molecule has 1 heterocycles. The third-order valence-corrected chi connectivity index (χ3v) is 4.11. The fourth-order valence-electron chi connectivity index (χ4n) is 2.12. The number of thiazole rings is 1. The van der Waals surface area contributed by atoms with E-state index >= 15 is 0 Å². The van der Waals surface area contributed by atoms with Crippen LogP contribution >= 0.6 is 11.3 Å². The second kappa shape index (κ2) is 5.07. The van der Waals surface area contributed by atoms with E-state index in [1.807, 2.05) is 18.2 Å². The number of halogens is 1. The summed E-state index contributed by atoms with van der Waals surface area (Å²) in [5.74, 6) is -0.244. The molecule has 0 radical (unpaired) electrons. The van der Waals surface area contributed by atoms with Crippen molar-refractivity contribution in [3.05, 3.63) is 64.4 Å². The molecule has 3 rings (SSSR count). The predicted molar refractivity (Wildman–Crippen MR) is 76.7 cm³/mol. The Labute approximate surface area is 114 Å². The smallest absolute Gasteiger partial charge is 0.125 e. The van der Waals surface area contributed by atoms with Crippen LogP contribution in [-0.4, -0.2) is 4.98 Å². The van der Waals surface area contributed by atoms with Crippen LogP contribution in [0.15, 0.2) is 42.5 Å². The molecule has 0 saturated heterocycles. The van der Waals surface area contributed by atoms with Crippen molar-refractivity contribution in [3.8, 4) is 0 Å². The van der Waals surface area contributed by atoms with Crippen LogP contribution < -0.4 is 5.73 Å². The van der Waals surface area contributed by atoms with Crippen molar-refractivity contribution in [2.75, 3.05) is 0 Å². The summed E-state index contributed by atoms with van der Waals surface area (Å²) in [7, 11) is 0. The number of aromatic nitrogens is 1. The number of rotatable bonds is 3. The van der Waals surface area contributed by atoms with Crippen LogP contribution in [0.3, 0.4) is 0 Å². The number of fused-ring (bicyclic) bond motifs is 1. The van der Waals surface area contributed by atoms with Gasteiger partial charge in [0.25, 0.3) is 0 Å². The minimum absolute atomic E-state index is 0.244. The highest BCUT2D eigenvalue weighted by molar-refractivity contribution is 7.18. The van der Waals surface area contributed by atoms with Crippen LogP contribution in [0.2, 0.25) is 0 Å². The zero-order chi connectivity index (χ0) is 13.2. The van der Waals surface area contributed by atoms with E-state index in [1.54, 1.807) is 17.4 Å². The van der Waals surface area contributed by atoms with Gasteiger partial charge in [0.1, 0.15) is 5.82 Å².